The van der Waals surface area contributed by atoms with Crippen LogP contribution in [-0.4, -0.2) is 22.8 Å². The second-order valence-corrected chi connectivity index (χ2v) is 6.40. The molecule has 0 radical (unpaired) electrons. The van der Waals surface area contributed by atoms with Crippen molar-refractivity contribution in [2.75, 3.05) is 5.32 Å². The van der Waals surface area contributed by atoms with E-state index in [0.29, 0.717) is 17.2 Å². The van der Waals surface area contributed by atoms with Gasteiger partial charge in [-0.05, 0) is 67.1 Å². The minimum Gasteiger partial charge on any atom is -0.457 e. The van der Waals surface area contributed by atoms with Gasteiger partial charge in [-0.3, -0.25) is 14.6 Å². The maximum atomic E-state index is 12.9. The van der Waals surface area contributed by atoms with Crippen LogP contribution >= 0.6 is 0 Å². The number of benzene rings is 2. The van der Waals surface area contributed by atoms with Crippen molar-refractivity contribution < 1.29 is 18.7 Å². The largest absolute Gasteiger partial charge is 0.457 e. The number of nitrogens with one attached hydrogen (secondary N) is 2. The maximum Gasteiger partial charge on any atom is 0.246 e. The standard InChI is InChI=1S/C22H20FN3O3/c1-15(25-21(27)13-16-3-2-12-24-14-16)22(28)26-18-6-10-20(11-7-18)29-19-8-4-17(23)5-9-19/h2-12,14-15H,13H2,1H3,(H,25,27)(H,26,28). The van der Waals surface area contributed by atoms with Gasteiger partial charge in [0.05, 0.1) is 6.42 Å². The van der Waals surface area contributed by atoms with Crippen LogP contribution in [0.4, 0.5) is 10.1 Å². The molecule has 148 valence electrons. The normalized spacial score (nSPS) is 11.4. The van der Waals surface area contributed by atoms with Gasteiger partial charge < -0.3 is 15.4 Å². The van der Waals surface area contributed by atoms with Gasteiger partial charge in [0, 0.05) is 18.1 Å². The minimum absolute atomic E-state index is 0.154. The summed E-state index contributed by atoms with van der Waals surface area (Å²) < 4.78 is 18.5. The summed E-state index contributed by atoms with van der Waals surface area (Å²) in [6.07, 6.45) is 3.40. The molecule has 1 atom stereocenters. The fourth-order valence-electron chi connectivity index (χ4n) is 2.54. The van der Waals surface area contributed by atoms with E-state index in [0.717, 1.165) is 5.56 Å². The van der Waals surface area contributed by atoms with Crippen LogP contribution in [0.1, 0.15) is 12.5 Å². The number of amides is 2. The molecular weight excluding hydrogens is 373 g/mol. The molecule has 3 aromatic rings. The first kappa shape index (κ1) is 20.0. The van der Waals surface area contributed by atoms with Crippen LogP contribution in [0.2, 0.25) is 0 Å². The lowest BCUT2D eigenvalue weighted by Crippen LogP contribution is -2.42. The van der Waals surface area contributed by atoms with Crippen molar-refractivity contribution in [2.24, 2.45) is 0 Å². The Balaban J connectivity index is 1.50. The molecule has 0 aliphatic rings. The van der Waals surface area contributed by atoms with E-state index in [1.54, 1.807) is 55.7 Å². The topological polar surface area (TPSA) is 80.3 Å². The molecule has 0 saturated heterocycles. The fourth-order valence-corrected chi connectivity index (χ4v) is 2.54. The van der Waals surface area contributed by atoms with E-state index in [1.165, 1.54) is 24.3 Å². The number of hydrogen-bond donors (Lipinski definition) is 2. The lowest BCUT2D eigenvalue weighted by atomic mass is 10.2. The second-order valence-electron chi connectivity index (χ2n) is 6.40. The summed E-state index contributed by atoms with van der Waals surface area (Å²) in [5.41, 5.74) is 1.34. The molecule has 3 rings (SSSR count). The van der Waals surface area contributed by atoms with E-state index in [9.17, 15) is 14.0 Å². The third-order valence-electron chi connectivity index (χ3n) is 4.03. The zero-order valence-electron chi connectivity index (χ0n) is 15.8. The van der Waals surface area contributed by atoms with Gasteiger partial charge in [0.25, 0.3) is 0 Å². The van der Waals surface area contributed by atoms with Crippen molar-refractivity contribution in [3.63, 3.8) is 0 Å². The lowest BCUT2D eigenvalue weighted by molar-refractivity contribution is -0.125. The molecule has 6 nitrogen and oxygen atoms in total. The van der Waals surface area contributed by atoms with Crippen molar-refractivity contribution in [2.45, 2.75) is 19.4 Å². The zero-order chi connectivity index (χ0) is 20.6. The van der Waals surface area contributed by atoms with E-state index in [1.807, 2.05) is 0 Å². The van der Waals surface area contributed by atoms with E-state index < -0.39 is 6.04 Å². The molecule has 0 fully saturated rings. The van der Waals surface area contributed by atoms with Crippen molar-refractivity contribution in [3.8, 4) is 11.5 Å². The number of carbonyl (C=O) groups is 2. The molecule has 0 aliphatic heterocycles. The van der Waals surface area contributed by atoms with Gasteiger partial charge >= 0.3 is 0 Å². The highest BCUT2D eigenvalue weighted by atomic mass is 19.1. The van der Waals surface area contributed by atoms with Gasteiger partial charge in [-0.15, -0.1) is 0 Å². The molecule has 1 heterocycles. The number of anilines is 1. The lowest BCUT2D eigenvalue weighted by Gasteiger charge is -2.14. The number of aromatic nitrogens is 1. The molecule has 0 spiro atoms. The molecule has 2 amide bonds. The number of pyridine rings is 1. The number of nitrogens with zero attached hydrogens (tertiary/aromatic N) is 1. The fraction of sp³-hybridized carbons (Fsp3) is 0.136. The quantitative estimate of drug-likeness (QED) is 0.641. The number of halogens is 1. The molecule has 0 aliphatic carbocycles. The minimum atomic E-state index is -0.700. The number of carbonyl (C=O) groups excluding carboxylic acids is 2. The highest BCUT2D eigenvalue weighted by Crippen LogP contribution is 2.23. The third kappa shape index (κ3) is 6.14. The molecule has 29 heavy (non-hydrogen) atoms. The summed E-state index contributed by atoms with van der Waals surface area (Å²) in [6, 6.07) is 15.3. The summed E-state index contributed by atoms with van der Waals surface area (Å²) in [7, 11) is 0. The van der Waals surface area contributed by atoms with Crippen LogP contribution in [0.25, 0.3) is 0 Å². The van der Waals surface area contributed by atoms with Crippen molar-refractivity contribution in [1.29, 1.82) is 0 Å². The summed E-state index contributed by atoms with van der Waals surface area (Å²) in [5, 5.41) is 5.40. The van der Waals surface area contributed by atoms with Crippen molar-refractivity contribution in [1.82, 2.24) is 10.3 Å². The average Bonchev–Trinajstić information content (AvgIpc) is 2.71. The highest BCUT2D eigenvalue weighted by molar-refractivity contribution is 5.97. The van der Waals surface area contributed by atoms with Crippen LogP contribution in [0, 0.1) is 5.82 Å². The Kier molecular flexibility index (Phi) is 6.52. The van der Waals surface area contributed by atoms with Gasteiger partial charge in [0.2, 0.25) is 11.8 Å². The predicted molar refractivity (Wildman–Crippen MR) is 107 cm³/mol. The Hall–Kier alpha value is -3.74. The summed E-state index contributed by atoms with van der Waals surface area (Å²) in [4.78, 5) is 28.3. The molecule has 0 saturated carbocycles. The van der Waals surface area contributed by atoms with Crippen LogP contribution < -0.4 is 15.4 Å². The van der Waals surface area contributed by atoms with Crippen LogP contribution in [0.15, 0.2) is 73.1 Å². The summed E-state index contributed by atoms with van der Waals surface area (Å²) >= 11 is 0. The van der Waals surface area contributed by atoms with Gasteiger partial charge in [0.1, 0.15) is 23.4 Å². The molecular formula is C22H20FN3O3. The summed E-state index contributed by atoms with van der Waals surface area (Å²) in [5.74, 6) is 0.123. The molecule has 0 bridgehead atoms. The number of hydrogen-bond acceptors (Lipinski definition) is 4. The van der Waals surface area contributed by atoms with Crippen LogP contribution in [0.3, 0.4) is 0 Å². The van der Waals surface area contributed by atoms with E-state index in [-0.39, 0.29) is 24.1 Å². The first-order chi connectivity index (χ1) is 14.0. The highest BCUT2D eigenvalue weighted by Gasteiger charge is 2.16. The molecule has 2 N–H and O–H groups in total. The van der Waals surface area contributed by atoms with Gasteiger partial charge in [-0.25, -0.2) is 4.39 Å². The Bertz CT molecular complexity index is 961. The predicted octanol–water partition coefficient (Wildman–Crippen LogP) is 3.70. The Labute approximate surface area is 167 Å². The maximum absolute atomic E-state index is 12.9. The van der Waals surface area contributed by atoms with Crippen molar-refractivity contribution >= 4 is 17.5 Å². The Morgan fingerprint density at radius 3 is 2.31 bits per heavy atom. The molecule has 1 unspecified atom stereocenters. The first-order valence-corrected chi connectivity index (χ1v) is 9.02. The van der Waals surface area contributed by atoms with Crippen LogP contribution in [0.5, 0.6) is 11.5 Å². The molecule has 2 aromatic carbocycles. The SMILES string of the molecule is CC(NC(=O)Cc1cccnc1)C(=O)Nc1ccc(Oc2ccc(F)cc2)cc1. The summed E-state index contributed by atoms with van der Waals surface area (Å²) in [6.45, 7) is 1.61. The van der Waals surface area contributed by atoms with E-state index >= 15 is 0 Å². The third-order valence-corrected chi connectivity index (χ3v) is 4.03. The molecule has 7 heteroatoms. The van der Waals surface area contributed by atoms with Gasteiger partial charge in [0.15, 0.2) is 0 Å². The number of rotatable bonds is 7. The monoisotopic (exact) mass is 393 g/mol. The Morgan fingerprint density at radius 1 is 1.03 bits per heavy atom. The van der Waals surface area contributed by atoms with Gasteiger partial charge in [-0.1, -0.05) is 6.07 Å². The molecule has 1 aromatic heterocycles. The van der Waals surface area contributed by atoms with E-state index in [2.05, 4.69) is 15.6 Å². The number of ether oxygens (including phenoxy) is 1. The Morgan fingerprint density at radius 2 is 1.69 bits per heavy atom. The van der Waals surface area contributed by atoms with Crippen LogP contribution in [-0.2, 0) is 16.0 Å². The average molecular weight is 393 g/mol. The van der Waals surface area contributed by atoms with Crippen molar-refractivity contribution in [3.05, 3.63) is 84.4 Å². The van der Waals surface area contributed by atoms with Gasteiger partial charge in [-0.2, -0.15) is 0 Å². The van der Waals surface area contributed by atoms with E-state index in [4.69, 9.17) is 4.74 Å². The zero-order valence-corrected chi connectivity index (χ0v) is 15.8. The first-order valence-electron chi connectivity index (χ1n) is 9.02. The second kappa shape index (κ2) is 9.45. The smallest absolute Gasteiger partial charge is 0.246 e.